The van der Waals surface area contributed by atoms with Crippen molar-refractivity contribution in [3.63, 3.8) is 0 Å². The van der Waals surface area contributed by atoms with E-state index in [1.165, 1.54) is 0 Å². The van der Waals surface area contributed by atoms with Gasteiger partial charge in [-0.2, -0.15) is 5.10 Å². The Bertz CT molecular complexity index is 492. The number of carboxylic acids is 1. The zero-order valence-electron chi connectivity index (χ0n) is 12.6. The number of hydrogen-bond donors (Lipinski definition) is 2. The Kier molecular flexibility index (Phi) is 5.73. The Labute approximate surface area is 119 Å². The van der Waals surface area contributed by atoms with Gasteiger partial charge in [0.15, 0.2) is 0 Å². The smallest absolute Gasteiger partial charge is 0.303 e. The van der Waals surface area contributed by atoms with Gasteiger partial charge in [0.05, 0.1) is 17.1 Å². The molecule has 1 rings (SSSR count). The molecule has 0 saturated carbocycles. The molecule has 0 aromatic carbocycles. The number of hydrogen-bond acceptors (Lipinski definition) is 3. The van der Waals surface area contributed by atoms with Crippen molar-refractivity contribution in [1.82, 2.24) is 9.78 Å². The molecule has 112 valence electrons. The molecular weight excluding hydrogens is 258 g/mol. The molecular formula is C14H23N3O3. The third-order valence-electron chi connectivity index (χ3n) is 3.12. The highest BCUT2D eigenvalue weighted by molar-refractivity contribution is 5.91. The molecule has 20 heavy (non-hydrogen) atoms. The summed E-state index contributed by atoms with van der Waals surface area (Å²) in [7, 11) is 0. The van der Waals surface area contributed by atoms with Crippen molar-refractivity contribution in [2.75, 3.05) is 5.32 Å². The third-order valence-corrected chi connectivity index (χ3v) is 3.12. The molecule has 0 unspecified atom stereocenters. The van der Waals surface area contributed by atoms with Crippen molar-refractivity contribution in [3.05, 3.63) is 11.4 Å². The first-order valence-electron chi connectivity index (χ1n) is 6.90. The summed E-state index contributed by atoms with van der Waals surface area (Å²) >= 11 is 0. The number of anilines is 1. The molecule has 1 aromatic rings. The highest BCUT2D eigenvalue weighted by atomic mass is 16.4. The van der Waals surface area contributed by atoms with Gasteiger partial charge in [0, 0.05) is 18.9 Å². The van der Waals surface area contributed by atoms with E-state index in [1.54, 1.807) is 0 Å². The molecule has 1 heterocycles. The van der Waals surface area contributed by atoms with Gasteiger partial charge in [0.2, 0.25) is 5.91 Å². The van der Waals surface area contributed by atoms with Gasteiger partial charge in [0.25, 0.3) is 0 Å². The van der Waals surface area contributed by atoms with Gasteiger partial charge < -0.3 is 10.4 Å². The summed E-state index contributed by atoms with van der Waals surface area (Å²) in [5.74, 6) is -0.916. The maximum Gasteiger partial charge on any atom is 0.303 e. The molecule has 0 aliphatic rings. The van der Waals surface area contributed by atoms with Crippen LogP contribution in [-0.4, -0.2) is 26.8 Å². The topological polar surface area (TPSA) is 84.2 Å². The molecule has 0 radical (unpaired) electrons. The van der Waals surface area contributed by atoms with E-state index in [1.807, 2.05) is 32.4 Å². The normalized spacial score (nSPS) is 10.8. The van der Waals surface area contributed by atoms with Crippen LogP contribution in [-0.2, 0) is 9.59 Å². The zero-order valence-corrected chi connectivity index (χ0v) is 12.6. The number of nitrogens with one attached hydrogen (secondary N) is 1. The SMILES string of the molecule is Cc1nn(C(C)C)c(C)c1NC(=O)CCCCC(=O)O. The Balaban J connectivity index is 2.56. The first kappa shape index (κ1) is 16.2. The number of amides is 1. The summed E-state index contributed by atoms with van der Waals surface area (Å²) in [4.78, 5) is 22.2. The van der Waals surface area contributed by atoms with Crippen LogP contribution in [0.3, 0.4) is 0 Å². The Hall–Kier alpha value is -1.85. The van der Waals surface area contributed by atoms with Crippen molar-refractivity contribution < 1.29 is 14.7 Å². The number of unbranched alkanes of at least 4 members (excludes halogenated alkanes) is 1. The van der Waals surface area contributed by atoms with Gasteiger partial charge in [-0.15, -0.1) is 0 Å². The van der Waals surface area contributed by atoms with Gasteiger partial charge >= 0.3 is 5.97 Å². The molecule has 1 aromatic heterocycles. The number of aryl methyl sites for hydroxylation is 1. The fourth-order valence-corrected chi connectivity index (χ4v) is 2.11. The lowest BCUT2D eigenvalue weighted by Crippen LogP contribution is -2.13. The molecule has 2 N–H and O–H groups in total. The number of carbonyl (C=O) groups is 2. The largest absolute Gasteiger partial charge is 0.481 e. The van der Waals surface area contributed by atoms with Gasteiger partial charge in [-0.1, -0.05) is 0 Å². The molecule has 0 fully saturated rings. The van der Waals surface area contributed by atoms with Gasteiger partial charge in [-0.05, 0) is 40.5 Å². The zero-order chi connectivity index (χ0) is 15.3. The second kappa shape index (κ2) is 7.07. The van der Waals surface area contributed by atoms with E-state index in [0.29, 0.717) is 19.3 Å². The maximum absolute atomic E-state index is 11.8. The summed E-state index contributed by atoms with van der Waals surface area (Å²) in [6, 6.07) is 0.245. The summed E-state index contributed by atoms with van der Waals surface area (Å²) < 4.78 is 1.88. The average Bonchev–Trinajstić information content (AvgIpc) is 2.62. The number of aromatic nitrogens is 2. The van der Waals surface area contributed by atoms with Crippen molar-refractivity contribution in [2.24, 2.45) is 0 Å². The third kappa shape index (κ3) is 4.36. The molecule has 1 amide bonds. The van der Waals surface area contributed by atoms with E-state index < -0.39 is 5.97 Å². The summed E-state index contributed by atoms with van der Waals surface area (Å²) in [6.45, 7) is 7.87. The molecule has 0 atom stereocenters. The molecule has 0 spiro atoms. The molecule has 6 heteroatoms. The monoisotopic (exact) mass is 281 g/mol. The van der Waals surface area contributed by atoms with E-state index in [-0.39, 0.29) is 18.4 Å². The van der Waals surface area contributed by atoms with Crippen LogP contribution in [0.15, 0.2) is 0 Å². The molecule has 0 saturated heterocycles. The quantitative estimate of drug-likeness (QED) is 0.752. The fraction of sp³-hybridized carbons (Fsp3) is 0.643. The fourth-order valence-electron chi connectivity index (χ4n) is 2.11. The second-order valence-corrected chi connectivity index (χ2v) is 5.23. The minimum Gasteiger partial charge on any atom is -0.481 e. The lowest BCUT2D eigenvalue weighted by atomic mass is 10.2. The Morgan fingerprint density at radius 1 is 1.25 bits per heavy atom. The lowest BCUT2D eigenvalue weighted by Gasteiger charge is -2.09. The van der Waals surface area contributed by atoms with Gasteiger partial charge in [0.1, 0.15) is 0 Å². The number of nitrogens with zero attached hydrogens (tertiary/aromatic N) is 2. The Morgan fingerprint density at radius 2 is 1.85 bits per heavy atom. The van der Waals surface area contributed by atoms with Crippen LogP contribution < -0.4 is 5.32 Å². The predicted molar refractivity (Wildman–Crippen MR) is 76.8 cm³/mol. The molecule has 0 aliphatic heterocycles. The van der Waals surface area contributed by atoms with E-state index in [9.17, 15) is 9.59 Å². The Morgan fingerprint density at radius 3 is 2.35 bits per heavy atom. The number of carbonyl (C=O) groups excluding carboxylic acids is 1. The van der Waals surface area contributed by atoms with Crippen molar-refractivity contribution in [3.8, 4) is 0 Å². The highest BCUT2D eigenvalue weighted by Crippen LogP contribution is 2.22. The maximum atomic E-state index is 11.8. The van der Waals surface area contributed by atoms with Crippen LogP contribution in [0.2, 0.25) is 0 Å². The predicted octanol–water partition coefficient (Wildman–Crippen LogP) is 2.66. The second-order valence-electron chi connectivity index (χ2n) is 5.23. The van der Waals surface area contributed by atoms with Gasteiger partial charge in [-0.25, -0.2) is 0 Å². The van der Waals surface area contributed by atoms with Crippen LogP contribution in [0.1, 0.15) is 57.0 Å². The van der Waals surface area contributed by atoms with Gasteiger partial charge in [-0.3, -0.25) is 14.3 Å². The van der Waals surface area contributed by atoms with Crippen LogP contribution in [0.5, 0.6) is 0 Å². The van der Waals surface area contributed by atoms with Crippen molar-refractivity contribution in [1.29, 1.82) is 0 Å². The van der Waals surface area contributed by atoms with E-state index >= 15 is 0 Å². The van der Waals surface area contributed by atoms with E-state index in [4.69, 9.17) is 5.11 Å². The van der Waals surface area contributed by atoms with Crippen molar-refractivity contribution in [2.45, 2.75) is 59.4 Å². The van der Waals surface area contributed by atoms with E-state index in [2.05, 4.69) is 10.4 Å². The van der Waals surface area contributed by atoms with Crippen LogP contribution >= 0.6 is 0 Å². The molecule has 6 nitrogen and oxygen atoms in total. The number of rotatable bonds is 7. The van der Waals surface area contributed by atoms with Crippen molar-refractivity contribution >= 4 is 17.6 Å². The van der Waals surface area contributed by atoms with Crippen LogP contribution in [0, 0.1) is 13.8 Å². The first-order chi connectivity index (χ1) is 9.32. The highest BCUT2D eigenvalue weighted by Gasteiger charge is 2.15. The summed E-state index contributed by atoms with van der Waals surface area (Å²) in [5.41, 5.74) is 2.51. The first-order valence-corrected chi connectivity index (χ1v) is 6.90. The molecule has 0 bridgehead atoms. The number of carboxylic acid groups (broad SMARTS) is 1. The minimum absolute atomic E-state index is 0.0927. The van der Waals surface area contributed by atoms with Crippen LogP contribution in [0.4, 0.5) is 5.69 Å². The summed E-state index contributed by atoms with van der Waals surface area (Å²) in [6.07, 6.45) is 1.54. The van der Waals surface area contributed by atoms with Crippen LogP contribution in [0.25, 0.3) is 0 Å². The standard InChI is InChI=1S/C14H23N3O3/c1-9(2)17-11(4)14(10(3)16-17)15-12(18)7-5-6-8-13(19)20/h9H,5-8H2,1-4H3,(H,15,18)(H,19,20). The summed E-state index contributed by atoms with van der Waals surface area (Å²) in [5, 5.41) is 15.8. The average molecular weight is 281 g/mol. The van der Waals surface area contributed by atoms with E-state index in [0.717, 1.165) is 17.1 Å². The molecule has 0 aliphatic carbocycles. The minimum atomic E-state index is -0.824. The number of aliphatic carboxylic acids is 1. The lowest BCUT2D eigenvalue weighted by molar-refractivity contribution is -0.137.